The minimum absolute atomic E-state index is 0.0383. The fourth-order valence-electron chi connectivity index (χ4n) is 3.30. The Hall–Kier alpha value is -2.76. The second-order valence-electron chi connectivity index (χ2n) is 7.11. The quantitative estimate of drug-likeness (QED) is 0.920. The molecule has 2 aromatic rings. The zero-order valence-electron chi connectivity index (χ0n) is 14.9. The number of rotatable bonds is 4. The van der Waals surface area contributed by atoms with Crippen LogP contribution >= 0.6 is 0 Å². The van der Waals surface area contributed by atoms with E-state index in [1.165, 1.54) is 0 Å². The van der Waals surface area contributed by atoms with Gasteiger partial charge in [-0.2, -0.15) is 0 Å². The van der Waals surface area contributed by atoms with Gasteiger partial charge in [0, 0.05) is 24.3 Å². The van der Waals surface area contributed by atoms with E-state index in [0.29, 0.717) is 18.0 Å². The molecule has 1 saturated carbocycles. The van der Waals surface area contributed by atoms with Crippen molar-refractivity contribution in [2.24, 2.45) is 0 Å². The maximum absolute atomic E-state index is 12.8. The second-order valence-corrected chi connectivity index (χ2v) is 7.11. The van der Waals surface area contributed by atoms with Crippen LogP contribution in [0.25, 0.3) is 0 Å². The molecule has 0 atom stereocenters. The van der Waals surface area contributed by atoms with Crippen LogP contribution in [0.2, 0.25) is 0 Å². The fourth-order valence-corrected chi connectivity index (χ4v) is 3.30. The molecule has 0 bridgehead atoms. The summed E-state index contributed by atoms with van der Waals surface area (Å²) in [5.41, 5.74) is 3.19. The van der Waals surface area contributed by atoms with Gasteiger partial charge in [-0.25, -0.2) is 9.97 Å². The summed E-state index contributed by atoms with van der Waals surface area (Å²) >= 11 is 0. The average Bonchev–Trinajstić information content (AvgIpc) is 3.45. The van der Waals surface area contributed by atoms with E-state index >= 15 is 0 Å². The van der Waals surface area contributed by atoms with Crippen molar-refractivity contribution >= 4 is 17.5 Å². The normalized spacial score (nSPS) is 16.8. The lowest BCUT2D eigenvalue weighted by Gasteiger charge is -2.20. The van der Waals surface area contributed by atoms with Crippen molar-refractivity contribution in [3.8, 4) is 0 Å². The molecule has 0 saturated heterocycles. The number of fused-ring (bicyclic) bond motifs is 1. The van der Waals surface area contributed by atoms with Gasteiger partial charge in [-0.05, 0) is 50.3 Å². The summed E-state index contributed by atoms with van der Waals surface area (Å²) in [6.07, 6.45) is 5.47. The number of nitrogens with zero attached hydrogens (tertiary/aromatic N) is 3. The van der Waals surface area contributed by atoms with Crippen LogP contribution in [0.15, 0.2) is 30.5 Å². The van der Waals surface area contributed by atoms with E-state index in [4.69, 9.17) is 0 Å². The summed E-state index contributed by atoms with van der Waals surface area (Å²) in [5, 5.41) is 2.86. The average molecular weight is 350 g/mol. The molecule has 0 unspecified atom stereocenters. The van der Waals surface area contributed by atoms with Crippen molar-refractivity contribution in [2.75, 3.05) is 18.4 Å². The molecule has 4 rings (SSSR count). The number of aryl methyl sites for hydroxylation is 2. The van der Waals surface area contributed by atoms with Crippen molar-refractivity contribution in [3.63, 3.8) is 0 Å². The molecule has 6 nitrogen and oxygen atoms in total. The van der Waals surface area contributed by atoms with Crippen molar-refractivity contribution in [3.05, 3.63) is 53.1 Å². The molecule has 134 valence electrons. The zero-order chi connectivity index (χ0) is 18.1. The SMILES string of the molecule is Cc1cccc(NC(=O)CN2CCCc3nc(C4CC4)ncc3C2=O)c1. The lowest BCUT2D eigenvalue weighted by atomic mass is 10.1. The number of carbonyl (C=O) groups is 2. The smallest absolute Gasteiger partial charge is 0.257 e. The zero-order valence-corrected chi connectivity index (χ0v) is 14.9. The standard InChI is InChI=1S/C20H22N4O2/c1-13-4-2-5-15(10-13)22-18(25)12-24-9-3-6-17-16(20(24)26)11-21-19(23-17)14-7-8-14/h2,4-5,10-11,14H,3,6-9,12H2,1H3,(H,22,25). The first-order valence-electron chi connectivity index (χ1n) is 9.12. The first-order valence-corrected chi connectivity index (χ1v) is 9.12. The van der Waals surface area contributed by atoms with Crippen LogP contribution in [0.1, 0.15) is 52.6 Å². The highest BCUT2D eigenvalue weighted by Gasteiger charge is 2.30. The van der Waals surface area contributed by atoms with Crippen LogP contribution in [-0.2, 0) is 11.2 Å². The summed E-state index contributed by atoms with van der Waals surface area (Å²) in [6, 6.07) is 7.62. The largest absolute Gasteiger partial charge is 0.329 e. The Bertz CT molecular complexity index is 861. The summed E-state index contributed by atoms with van der Waals surface area (Å²) in [7, 11) is 0. The Kier molecular flexibility index (Phi) is 4.41. The molecular weight excluding hydrogens is 328 g/mol. The Morgan fingerprint density at radius 3 is 2.96 bits per heavy atom. The van der Waals surface area contributed by atoms with Crippen molar-refractivity contribution < 1.29 is 9.59 Å². The van der Waals surface area contributed by atoms with Crippen molar-refractivity contribution in [1.29, 1.82) is 0 Å². The van der Waals surface area contributed by atoms with Gasteiger partial charge >= 0.3 is 0 Å². The summed E-state index contributed by atoms with van der Waals surface area (Å²) in [5.74, 6) is 0.985. The van der Waals surface area contributed by atoms with Crippen LogP contribution in [0.3, 0.4) is 0 Å². The van der Waals surface area contributed by atoms with Crippen LogP contribution in [-0.4, -0.2) is 39.8 Å². The number of nitrogens with one attached hydrogen (secondary N) is 1. The highest BCUT2D eigenvalue weighted by molar-refractivity contribution is 6.00. The van der Waals surface area contributed by atoms with Gasteiger partial charge in [0.2, 0.25) is 5.91 Å². The number of hydrogen-bond acceptors (Lipinski definition) is 4. The highest BCUT2D eigenvalue weighted by Crippen LogP contribution is 2.38. The fraction of sp³-hybridized carbons (Fsp3) is 0.400. The highest BCUT2D eigenvalue weighted by atomic mass is 16.2. The van der Waals surface area contributed by atoms with E-state index in [2.05, 4.69) is 15.3 Å². The molecule has 26 heavy (non-hydrogen) atoms. The minimum atomic E-state index is -0.192. The molecular formula is C20H22N4O2. The molecule has 2 aliphatic rings. The molecule has 1 N–H and O–H groups in total. The van der Waals surface area contributed by atoms with E-state index in [0.717, 1.165) is 48.5 Å². The third-order valence-electron chi connectivity index (χ3n) is 4.82. The molecule has 1 fully saturated rings. The van der Waals surface area contributed by atoms with Gasteiger partial charge in [-0.3, -0.25) is 9.59 Å². The van der Waals surface area contributed by atoms with Gasteiger partial charge in [0.25, 0.3) is 5.91 Å². The molecule has 1 aliphatic heterocycles. The molecule has 2 heterocycles. The molecule has 1 aromatic carbocycles. The van der Waals surface area contributed by atoms with Crippen LogP contribution in [0.5, 0.6) is 0 Å². The maximum Gasteiger partial charge on any atom is 0.257 e. The van der Waals surface area contributed by atoms with Crippen LogP contribution in [0.4, 0.5) is 5.69 Å². The molecule has 0 spiro atoms. The van der Waals surface area contributed by atoms with Gasteiger partial charge in [0.05, 0.1) is 11.3 Å². The van der Waals surface area contributed by atoms with E-state index < -0.39 is 0 Å². The Balaban J connectivity index is 1.46. The molecule has 1 aromatic heterocycles. The van der Waals surface area contributed by atoms with Gasteiger partial charge < -0.3 is 10.2 Å². The Labute approximate surface area is 152 Å². The predicted octanol–water partition coefficient (Wildman–Crippen LogP) is 2.69. The lowest BCUT2D eigenvalue weighted by molar-refractivity contribution is -0.116. The molecule has 2 amide bonds. The van der Waals surface area contributed by atoms with Gasteiger partial charge in [0.15, 0.2) is 0 Å². The van der Waals surface area contributed by atoms with Gasteiger partial charge in [0.1, 0.15) is 12.4 Å². The molecule has 6 heteroatoms. The van der Waals surface area contributed by atoms with Crippen molar-refractivity contribution in [1.82, 2.24) is 14.9 Å². The van der Waals surface area contributed by atoms with Crippen LogP contribution in [0, 0.1) is 6.92 Å². The third-order valence-corrected chi connectivity index (χ3v) is 4.82. The molecule has 1 aliphatic carbocycles. The number of anilines is 1. The van der Waals surface area contributed by atoms with Gasteiger partial charge in [-0.1, -0.05) is 12.1 Å². The minimum Gasteiger partial charge on any atom is -0.329 e. The monoisotopic (exact) mass is 350 g/mol. The topological polar surface area (TPSA) is 75.2 Å². The Morgan fingerprint density at radius 1 is 1.35 bits per heavy atom. The number of benzene rings is 1. The number of amides is 2. The summed E-state index contributed by atoms with van der Waals surface area (Å²) < 4.78 is 0. The number of hydrogen-bond donors (Lipinski definition) is 1. The predicted molar refractivity (Wildman–Crippen MR) is 98.0 cm³/mol. The first kappa shape index (κ1) is 16.7. The van der Waals surface area contributed by atoms with Crippen molar-refractivity contribution in [2.45, 2.75) is 38.5 Å². The second kappa shape index (κ2) is 6.86. The van der Waals surface area contributed by atoms with E-state index in [9.17, 15) is 9.59 Å². The van der Waals surface area contributed by atoms with Crippen LogP contribution < -0.4 is 5.32 Å². The maximum atomic E-state index is 12.8. The molecule has 0 radical (unpaired) electrons. The summed E-state index contributed by atoms with van der Waals surface area (Å²) in [4.78, 5) is 35.8. The number of aromatic nitrogens is 2. The van der Waals surface area contributed by atoms with E-state index in [1.54, 1.807) is 11.1 Å². The first-order chi connectivity index (χ1) is 12.6. The number of carbonyl (C=O) groups excluding carboxylic acids is 2. The third kappa shape index (κ3) is 3.59. The lowest BCUT2D eigenvalue weighted by Crippen LogP contribution is -2.38. The van der Waals surface area contributed by atoms with Gasteiger partial charge in [-0.15, -0.1) is 0 Å². The van der Waals surface area contributed by atoms with E-state index in [1.807, 2.05) is 31.2 Å². The van der Waals surface area contributed by atoms with E-state index in [-0.39, 0.29) is 18.4 Å². The Morgan fingerprint density at radius 2 is 2.19 bits per heavy atom. The summed E-state index contributed by atoms with van der Waals surface area (Å²) in [6.45, 7) is 2.56.